The van der Waals surface area contributed by atoms with Crippen LogP contribution in [0.1, 0.15) is 21.4 Å². The molecule has 8 nitrogen and oxygen atoms in total. The van der Waals surface area contributed by atoms with E-state index in [-0.39, 0.29) is 34.3 Å². The van der Waals surface area contributed by atoms with Gasteiger partial charge in [0.25, 0.3) is 5.91 Å². The molecule has 10 heteroatoms. The van der Waals surface area contributed by atoms with E-state index in [9.17, 15) is 17.6 Å². The third-order valence-corrected chi connectivity index (χ3v) is 6.83. The molecule has 0 aliphatic carbocycles. The summed E-state index contributed by atoms with van der Waals surface area (Å²) in [6.45, 7) is -0.289. The molecular formula is C22H22FNO7S. The van der Waals surface area contributed by atoms with E-state index in [0.717, 1.165) is 12.1 Å². The second kappa shape index (κ2) is 9.73. The molecule has 0 spiro atoms. The van der Waals surface area contributed by atoms with Crippen LogP contribution in [-0.4, -0.2) is 42.2 Å². The van der Waals surface area contributed by atoms with E-state index in [1.54, 1.807) is 6.07 Å². The van der Waals surface area contributed by atoms with Gasteiger partial charge in [0, 0.05) is 12.1 Å². The van der Waals surface area contributed by atoms with E-state index in [0.29, 0.717) is 5.75 Å². The van der Waals surface area contributed by atoms with Gasteiger partial charge in [-0.1, -0.05) is 0 Å². The summed E-state index contributed by atoms with van der Waals surface area (Å²) in [5.41, 5.74) is 0.178. The quantitative estimate of drug-likeness (QED) is 0.485. The summed E-state index contributed by atoms with van der Waals surface area (Å²) in [5, 5.41) is 1.38. The number of methoxy groups -OCH3 is 3. The molecular weight excluding hydrogens is 441 g/mol. The normalized spacial score (nSPS) is 12.1. The Bertz CT molecular complexity index is 1150. The number of ether oxygens (including phenoxy) is 3. The molecule has 1 heterocycles. The van der Waals surface area contributed by atoms with Crippen LogP contribution in [0.5, 0.6) is 17.2 Å². The van der Waals surface area contributed by atoms with Gasteiger partial charge in [0.05, 0.1) is 32.5 Å². The summed E-state index contributed by atoms with van der Waals surface area (Å²) < 4.78 is 60.7. The monoisotopic (exact) mass is 463 g/mol. The highest BCUT2D eigenvalue weighted by molar-refractivity contribution is 7.91. The predicted molar refractivity (Wildman–Crippen MR) is 113 cm³/mol. The van der Waals surface area contributed by atoms with Crippen molar-refractivity contribution in [3.63, 3.8) is 0 Å². The zero-order valence-corrected chi connectivity index (χ0v) is 18.4. The number of benzene rings is 2. The van der Waals surface area contributed by atoms with Gasteiger partial charge in [0.15, 0.2) is 21.3 Å². The number of halogens is 1. The first kappa shape index (κ1) is 23.1. The fraction of sp³-hybridized carbons (Fsp3) is 0.227. The molecule has 0 saturated carbocycles. The number of amides is 1. The lowest BCUT2D eigenvalue weighted by Crippen LogP contribution is -2.31. The summed E-state index contributed by atoms with van der Waals surface area (Å²) in [6, 6.07) is 10.4. The highest BCUT2D eigenvalue weighted by atomic mass is 32.2. The van der Waals surface area contributed by atoms with E-state index in [2.05, 4.69) is 5.32 Å². The Morgan fingerprint density at radius 2 is 1.66 bits per heavy atom. The van der Waals surface area contributed by atoms with E-state index < -0.39 is 26.8 Å². The van der Waals surface area contributed by atoms with Crippen molar-refractivity contribution >= 4 is 15.7 Å². The number of hydrogen-bond acceptors (Lipinski definition) is 7. The lowest BCUT2D eigenvalue weighted by molar-refractivity contribution is 0.0952. The first-order valence-corrected chi connectivity index (χ1v) is 11.0. The third-order valence-electron chi connectivity index (χ3n) is 4.75. The third kappa shape index (κ3) is 4.70. The van der Waals surface area contributed by atoms with Crippen molar-refractivity contribution in [2.24, 2.45) is 0 Å². The van der Waals surface area contributed by atoms with Crippen LogP contribution >= 0.6 is 0 Å². The molecule has 1 atom stereocenters. The van der Waals surface area contributed by atoms with Crippen molar-refractivity contribution in [1.29, 1.82) is 0 Å². The van der Waals surface area contributed by atoms with Crippen LogP contribution in [0.2, 0.25) is 0 Å². The van der Waals surface area contributed by atoms with Crippen LogP contribution in [0.4, 0.5) is 4.39 Å². The lowest BCUT2D eigenvalue weighted by Gasteiger charge is -2.18. The molecule has 3 rings (SSSR count). The molecule has 32 heavy (non-hydrogen) atoms. The molecule has 0 aliphatic rings. The summed E-state index contributed by atoms with van der Waals surface area (Å²) in [6.07, 6.45) is 1.34. The first-order chi connectivity index (χ1) is 15.3. The second-order valence-electron chi connectivity index (χ2n) is 6.63. The first-order valence-electron chi connectivity index (χ1n) is 9.43. The standard InChI is InChI=1S/C22H22FNO7S/c1-28-18-11-14(12-19(29-2)21(18)30-3)22(25)24-13-20(17-5-4-10-31-17)32(26,27)16-8-6-15(23)7-9-16/h4-12,20H,13H2,1-3H3,(H,24,25). The number of nitrogens with one attached hydrogen (secondary N) is 1. The highest BCUT2D eigenvalue weighted by Gasteiger charge is 2.32. The molecule has 2 aromatic carbocycles. The predicted octanol–water partition coefficient (Wildman–Crippen LogP) is 3.39. The zero-order chi connectivity index (χ0) is 23.3. The number of sulfone groups is 1. The molecule has 0 aliphatic heterocycles. The van der Waals surface area contributed by atoms with Crippen LogP contribution in [0, 0.1) is 5.82 Å². The number of rotatable bonds is 9. The Labute approximate surface area is 184 Å². The maximum absolute atomic E-state index is 13.3. The molecule has 0 radical (unpaired) electrons. The molecule has 1 unspecified atom stereocenters. The van der Waals surface area contributed by atoms with Gasteiger partial charge in [-0.2, -0.15) is 0 Å². The van der Waals surface area contributed by atoms with Crippen LogP contribution < -0.4 is 19.5 Å². The molecule has 170 valence electrons. The fourth-order valence-electron chi connectivity index (χ4n) is 3.13. The van der Waals surface area contributed by atoms with Crippen LogP contribution in [0.25, 0.3) is 0 Å². The van der Waals surface area contributed by atoms with Gasteiger partial charge < -0.3 is 23.9 Å². The second-order valence-corrected chi connectivity index (χ2v) is 8.76. The highest BCUT2D eigenvalue weighted by Crippen LogP contribution is 2.38. The molecule has 1 aromatic heterocycles. The van der Waals surface area contributed by atoms with Crippen molar-refractivity contribution in [1.82, 2.24) is 5.32 Å². The molecule has 0 bridgehead atoms. The van der Waals surface area contributed by atoms with Crippen molar-refractivity contribution in [2.75, 3.05) is 27.9 Å². The van der Waals surface area contributed by atoms with Crippen molar-refractivity contribution < 1.29 is 36.2 Å². The Morgan fingerprint density at radius 3 is 2.16 bits per heavy atom. The largest absolute Gasteiger partial charge is 0.493 e. The van der Waals surface area contributed by atoms with Crippen molar-refractivity contribution in [3.05, 3.63) is 71.9 Å². The van der Waals surface area contributed by atoms with E-state index >= 15 is 0 Å². The van der Waals surface area contributed by atoms with Crippen LogP contribution in [0.15, 0.2) is 64.1 Å². The molecule has 0 fully saturated rings. The maximum atomic E-state index is 13.3. The SMILES string of the molecule is COc1cc(C(=O)NCC(c2ccco2)S(=O)(=O)c2ccc(F)cc2)cc(OC)c1OC. The molecule has 0 saturated heterocycles. The zero-order valence-electron chi connectivity index (χ0n) is 17.6. The Kier molecular flexibility index (Phi) is 7.04. The van der Waals surface area contributed by atoms with Crippen LogP contribution in [0.3, 0.4) is 0 Å². The minimum Gasteiger partial charge on any atom is -0.493 e. The van der Waals surface area contributed by atoms with Gasteiger partial charge >= 0.3 is 0 Å². The summed E-state index contributed by atoms with van der Waals surface area (Å²) in [4.78, 5) is 12.7. The number of hydrogen-bond donors (Lipinski definition) is 1. The average Bonchev–Trinajstić information content (AvgIpc) is 3.32. The van der Waals surface area contributed by atoms with Crippen LogP contribution in [-0.2, 0) is 9.84 Å². The van der Waals surface area contributed by atoms with Crippen molar-refractivity contribution in [2.45, 2.75) is 10.1 Å². The number of furan rings is 1. The number of carbonyl (C=O) groups is 1. The topological polar surface area (TPSA) is 104 Å². The van der Waals surface area contributed by atoms with Gasteiger partial charge in [0.1, 0.15) is 16.8 Å². The Morgan fingerprint density at radius 1 is 1.03 bits per heavy atom. The van der Waals surface area contributed by atoms with Gasteiger partial charge in [-0.25, -0.2) is 12.8 Å². The van der Waals surface area contributed by atoms with Gasteiger partial charge in [-0.3, -0.25) is 4.79 Å². The smallest absolute Gasteiger partial charge is 0.251 e. The van der Waals surface area contributed by atoms with Gasteiger partial charge in [-0.15, -0.1) is 0 Å². The van der Waals surface area contributed by atoms with E-state index in [4.69, 9.17) is 18.6 Å². The Hall–Kier alpha value is -3.53. The summed E-state index contributed by atoms with van der Waals surface area (Å²) >= 11 is 0. The van der Waals surface area contributed by atoms with Gasteiger partial charge in [-0.05, 0) is 48.5 Å². The molecule has 1 N–H and O–H groups in total. The van der Waals surface area contributed by atoms with E-state index in [1.807, 2.05) is 0 Å². The minimum atomic E-state index is -4.00. The maximum Gasteiger partial charge on any atom is 0.251 e. The minimum absolute atomic E-state index is 0.0951. The van der Waals surface area contributed by atoms with E-state index in [1.165, 1.54) is 57.9 Å². The molecule has 3 aromatic rings. The Balaban J connectivity index is 1.89. The molecule has 1 amide bonds. The summed E-state index contributed by atoms with van der Waals surface area (Å²) in [7, 11) is 0.275. The summed E-state index contributed by atoms with van der Waals surface area (Å²) in [5.74, 6) is -0.111. The van der Waals surface area contributed by atoms with Crippen molar-refractivity contribution in [3.8, 4) is 17.2 Å². The lowest BCUT2D eigenvalue weighted by atomic mass is 10.1. The fourth-order valence-corrected chi connectivity index (χ4v) is 4.71. The van der Waals surface area contributed by atoms with Gasteiger partial charge in [0.2, 0.25) is 5.75 Å². The number of carbonyl (C=O) groups excluding carboxylic acids is 1. The average molecular weight is 463 g/mol.